The molecule has 9 atom stereocenters. The lowest BCUT2D eigenvalue weighted by Gasteiger charge is -2.60. The third-order valence-electron chi connectivity index (χ3n) is 9.37. The number of hydrogen-bond donors (Lipinski definition) is 2. The van der Waals surface area contributed by atoms with E-state index in [0.717, 1.165) is 6.42 Å². The fourth-order valence-electron chi connectivity index (χ4n) is 7.65. The van der Waals surface area contributed by atoms with Gasteiger partial charge in [0.2, 0.25) is 0 Å². The highest BCUT2D eigenvalue weighted by molar-refractivity contribution is 6.01. The summed E-state index contributed by atoms with van der Waals surface area (Å²) in [6, 6.07) is 0. The number of hydrogen-bond acceptors (Lipinski definition) is 4. The highest BCUT2D eigenvalue weighted by Crippen LogP contribution is 2.71. The van der Waals surface area contributed by atoms with Crippen LogP contribution in [-0.2, 0) is 9.59 Å². The van der Waals surface area contributed by atoms with Crippen molar-refractivity contribution >= 4 is 11.6 Å². The number of halogens is 1. The second-order valence-electron chi connectivity index (χ2n) is 10.2. The van der Waals surface area contributed by atoms with Gasteiger partial charge in [0.05, 0.1) is 6.10 Å². The number of rotatable bonds is 2. The van der Waals surface area contributed by atoms with Crippen molar-refractivity contribution in [3.05, 3.63) is 23.8 Å². The molecular weight excluding hydrogens is 359 g/mol. The summed E-state index contributed by atoms with van der Waals surface area (Å²) >= 11 is 0. The fraction of sp³-hybridized carbons (Fsp3) is 0.739. The second-order valence-corrected chi connectivity index (χ2v) is 10.2. The Kier molecular flexibility index (Phi) is 4.34. The van der Waals surface area contributed by atoms with Gasteiger partial charge in [0, 0.05) is 16.7 Å². The summed E-state index contributed by atoms with van der Waals surface area (Å²) in [5.74, 6) is -0.470. The molecule has 4 aliphatic carbocycles. The molecule has 0 aliphatic heterocycles. The van der Waals surface area contributed by atoms with E-state index in [2.05, 4.69) is 6.92 Å². The fourth-order valence-corrected chi connectivity index (χ4v) is 7.65. The van der Waals surface area contributed by atoms with Crippen LogP contribution in [0.4, 0.5) is 4.39 Å². The van der Waals surface area contributed by atoms with Crippen molar-refractivity contribution < 1.29 is 24.2 Å². The average molecular weight is 390 g/mol. The lowest BCUT2D eigenvalue weighted by molar-refractivity contribution is -0.160. The molecule has 0 amide bonds. The van der Waals surface area contributed by atoms with Crippen molar-refractivity contribution in [1.29, 1.82) is 0 Å². The molecule has 0 heterocycles. The Bertz CT molecular complexity index is 787. The van der Waals surface area contributed by atoms with Crippen LogP contribution in [0.1, 0.15) is 47.0 Å². The first kappa shape index (κ1) is 20.0. The van der Waals surface area contributed by atoms with Crippen molar-refractivity contribution in [2.45, 2.75) is 59.2 Å². The van der Waals surface area contributed by atoms with Gasteiger partial charge in [-0.05, 0) is 60.2 Å². The van der Waals surface area contributed by atoms with Gasteiger partial charge in [-0.25, -0.2) is 4.39 Å². The summed E-state index contributed by atoms with van der Waals surface area (Å²) in [7, 11) is 0. The Morgan fingerprint density at radius 3 is 2.61 bits per heavy atom. The predicted octanol–water partition coefficient (Wildman–Crippen LogP) is 3.03. The van der Waals surface area contributed by atoms with Crippen LogP contribution in [0.5, 0.6) is 0 Å². The highest BCUT2D eigenvalue weighted by atomic mass is 19.1. The lowest BCUT2D eigenvalue weighted by Crippen LogP contribution is -2.60. The SMILES string of the molecule is C[C@@H]1CC2C3C[C@H](F)C4=CC(=O)C=C[C@]4(C)C3C(O)C[C@]2(C)[C@@]1(C)C(=O)CO. The van der Waals surface area contributed by atoms with Gasteiger partial charge < -0.3 is 10.2 Å². The summed E-state index contributed by atoms with van der Waals surface area (Å²) < 4.78 is 15.3. The van der Waals surface area contributed by atoms with Crippen LogP contribution in [0.3, 0.4) is 0 Å². The van der Waals surface area contributed by atoms with E-state index >= 15 is 4.39 Å². The molecule has 4 aliphatic rings. The second kappa shape index (κ2) is 6.09. The van der Waals surface area contributed by atoms with E-state index in [4.69, 9.17) is 0 Å². The van der Waals surface area contributed by atoms with Crippen LogP contribution >= 0.6 is 0 Å². The van der Waals surface area contributed by atoms with Crippen LogP contribution in [0.2, 0.25) is 0 Å². The molecule has 0 aromatic heterocycles. The molecule has 0 aromatic carbocycles. The Hall–Kier alpha value is -1.33. The first-order chi connectivity index (χ1) is 13.0. The van der Waals surface area contributed by atoms with E-state index in [9.17, 15) is 19.8 Å². The minimum absolute atomic E-state index is 0.0550. The highest BCUT2D eigenvalue weighted by Gasteiger charge is 2.69. The number of aliphatic hydroxyl groups is 2. The van der Waals surface area contributed by atoms with Gasteiger partial charge in [0.15, 0.2) is 11.6 Å². The maximum atomic E-state index is 15.3. The Labute approximate surface area is 165 Å². The van der Waals surface area contributed by atoms with Gasteiger partial charge >= 0.3 is 0 Å². The molecule has 0 radical (unpaired) electrons. The van der Waals surface area contributed by atoms with E-state index in [1.54, 1.807) is 6.08 Å². The van der Waals surface area contributed by atoms with Crippen LogP contribution in [0.15, 0.2) is 23.8 Å². The van der Waals surface area contributed by atoms with E-state index in [1.807, 2.05) is 20.8 Å². The molecule has 4 rings (SSSR count). The first-order valence-electron chi connectivity index (χ1n) is 10.4. The molecule has 4 unspecified atom stereocenters. The molecule has 0 spiro atoms. The number of alkyl halides is 1. The topological polar surface area (TPSA) is 74.6 Å². The number of carbonyl (C=O) groups is 2. The van der Waals surface area contributed by atoms with Crippen LogP contribution < -0.4 is 0 Å². The number of carbonyl (C=O) groups excluding carboxylic acids is 2. The van der Waals surface area contributed by atoms with Gasteiger partial charge in [-0.2, -0.15) is 0 Å². The number of ketones is 2. The first-order valence-corrected chi connectivity index (χ1v) is 10.4. The normalized spacial score (nSPS) is 52.5. The van der Waals surface area contributed by atoms with Gasteiger partial charge in [0.25, 0.3) is 0 Å². The average Bonchev–Trinajstić information content (AvgIpc) is 2.83. The molecule has 2 N–H and O–H groups in total. The smallest absolute Gasteiger partial charge is 0.178 e. The summed E-state index contributed by atoms with van der Waals surface area (Å²) in [5.41, 5.74) is -1.41. The number of Topliss-reactive ketones (excluding diaryl/α,β-unsaturated/α-hetero) is 1. The zero-order valence-corrected chi connectivity index (χ0v) is 17.1. The van der Waals surface area contributed by atoms with Gasteiger partial charge in [0.1, 0.15) is 12.8 Å². The van der Waals surface area contributed by atoms with E-state index in [0.29, 0.717) is 12.0 Å². The minimum Gasteiger partial charge on any atom is -0.393 e. The molecule has 0 bridgehead atoms. The number of fused-ring (bicyclic) bond motifs is 5. The molecule has 0 saturated heterocycles. The summed E-state index contributed by atoms with van der Waals surface area (Å²) in [4.78, 5) is 24.7. The predicted molar refractivity (Wildman–Crippen MR) is 103 cm³/mol. The summed E-state index contributed by atoms with van der Waals surface area (Å²) in [6.45, 7) is 7.45. The van der Waals surface area contributed by atoms with Crippen LogP contribution in [0.25, 0.3) is 0 Å². The molecule has 3 fully saturated rings. The Balaban J connectivity index is 1.81. The van der Waals surface area contributed by atoms with Gasteiger partial charge in [-0.1, -0.05) is 33.8 Å². The third-order valence-corrected chi connectivity index (χ3v) is 9.37. The largest absolute Gasteiger partial charge is 0.393 e. The summed E-state index contributed by atoms with van der Waals surface area (Å²) in [6.07, 6.45) is 4.31. The van der Waals surface area contributed by atoms with Gasteiger partial charge in [-0.15, -0.1) is 0 Å². The maximum absolute atomic E-state index is 15.3. The molecular formula is C23H31FO4. The molecule has 4 nitrogen and oxygen atoms in total. The molecule has 3 saturated carbocycles. The monoisotopic (exact) mass is 390 g/mol. The lowest BCUT2D eigenvalue weighted by atomic mass is 9.44. The minimum atomic E-state index is -1.22. The quantitative estimate of drug-likeness (QED) is 0.760. The third kappa shape index (κ3) is 2.23. The van der Waals surface area contributed by atoms with Gasteiger partial charge in [-0.3, -0.25) is 9.59 Å². The van der Waals surface area contributed by atoms with Crippen molar-refractivity contribution in [3.8, 4) is 0 Å². The van der Waals surface area contributed by atoms with Crippen molar-refractivity contribution in [2.75, 3.05) is 6.61 Å². The number of allylic oxidation sites excluding steroid dienone is 4. The number of aliphatic hydroxyl groups excluding tert-OH is 2. The molecule has 5 heteroatoms. The molecule has 0 aromatic rings. The van der Waals surface area contributed by atoms with E-state index in [-0.39, 0.29) is 41.7 Å². The standard InChI is InChI=1S/C23H31FO4/c1-12-7-15-14-9-17(24)16-8-13(26)5-6-21(16,2)20(14)18(27)10-22(15,3)23(12,4)19(28)11-25/h5-6,8,12,14-15,17-18,20,25,27H,7,9-11H2,1-4H3/t12-,14?,15?,17+,18?,20?,21+,22+,23-/m1/s1. The maximum Gasteiger partial charge on any atom is 0.178 e. The van der Waals surface area contributed by atoms with Crippen LogP contribution in [-0.4, -0.2) is 40.7 Å². The van der Waals surface area contributed by atoms with Crippen molar-refractivity contribution in [2.24, 2.45) is 39.9 Å². The molecule has 154 valence electrons. The Morgan fingerprint density at radius 2 is 1.96 bits per heavy atom. The zero-order valence-electron chi connectivity index (χ0n) is 17.1. The summed E-state index contributed by atoms with van der Waals surface area (Å²) in [5, 5.41) is 20.9. The zero-order chi connectivity index (χ0) is 20.6. The van der Waals surface area contributed by atoms with Crippen molar-refractivity contribution in [3.63, 3.8) is 0 Å². The van der Waals surface area contributed by atoms with E-state index in [1.165, 1.54) is 12.2 Å². The Morgan fingerprint density at radius 1 is 1.29 bits per heavy atom. The molecule has 28 heavy (non-hydrogen) atoms. The van der Waals surface area contributed by atoms with E-state index < -0.39 is 35.1 Å². The van der Waals surface area contributed by atoms with Crippen molar-refractivity contribution in [1.82, 2.24) is 0 Å². The van der Waals surface area contributed by atoms with Crippen LogP contribution in [0, 0.1) is 39.9 Å².